The zero-order chi connectivity index (χ0) is 49.8. The summed E-state index contributed by atoms with van der Waals surface area (Å²) in [6.45, 7) is 13.7. The number of para-hydroxylation sites is 1. The monoisotopic (exact) mass is 962 g/mol. The van der Waals surface area contributed by atoms with Crippen molar-refractivity contribution in [1.29, 1.82) is 0 Å². The first kappa shape index (κ1) is 51.5. The first-order chi connectivity index (χ1) is 31.8. The number of hydrogen-bond donors (Lipinski definition) is 11. The Morgan fingerprint density at radius 3 is 2.12 bits per heavy atom. The van der Waals surface area contributed by atoms with Crippen molar-refractivity contribution >= 4 is 17.6 Å². The van der Waals surface area contributed by atoms with Gasteiger partial charge in [0.25, 0.3) is 0 Å². The summed E-state index contributed by atoms with van der Waals surface area (Å²) in [5.74, 6) is -2.41. The Morgan fingerprint density at radius 2 is 1.47 bits per heavy atom. The molecule has 18 heteroatoms. The van der Waals surface area contributed by atoms with Crippen molar-refractivity contribution in [2.75, 3.05) is 25.6 Å². The number of aliphatic hydroxyl groups is 9. The zero-order valence-corrected chi connectivity index (χ0v) is 40.4. The summed E-state index contributed by atoms with van der Waals surface area (Å²) >= 11 is 0. The number of anilines is 1. The van der Waals surface area contributed by atoms with Crippen LogP contribution in [0.25, 0.3) is 0 Å². The van der Waals surface area contributed by atoms with Crippen LogP contribution in [0.1, 0.15) is 104 Å². The smallest absolute Gasteiger partial charge is 0.340 e. The SMILES string of the molecule is CNc1ccccc1C(=O)O[C@H]1[C@H](O)[C@@]2(CO)C(CC1(C)C)C1=CCC3[C@@]4(C)CC[C@H](O[C@@H]5O[C@H](C(=O)O)[C@@H](O)[C@H](O[C@@H]6O[C@H](CO)[C@@H](O)[C@H](O)[C@H]6O)[C@H]5O)C(C)(C)C4CC[C@@]3(C)[C@]1(C)C[C@@H]2O. The molecule has 21 atom stereocenters. The van der Waals surface area contributed by atoms with Crippen LogP contribution in [0.15, 0.2) is 35.9 Å². The predicted octanol–water partition coefficient (Wildman–Crippen LogP) is 1.70. The third-order valence-electron chi connectivity index (χ3n) is 19.2. The van der Waals surface area contributed by atoms with E-state index in [1.165, 1.54) is 0 Å². The number of aliphatic hydroxyl groups excluding tert-OH is 9. The van der Waals surface area contributed by atoms with Gasteiger partial charge >= 0.3 is 11.9 Å². The van der Waals surface area contributed by atoms with Crippen LogP contribution in [0, 0.1) is 50.2 Å². The highest BCUT2D eigenvalue weighted by Crippen LogP contribution is 2.76. The van der Waals surface area contributed by atoms with Gasteiger partial charge in [-0.3, -0.25) is 0 Å². The lowest BCUT2D eigenvalue weighted by molar-refractivity contribution is -0.365. The third kappa shape index (κ3) is 7.61. The van der Waals surface area contributed by atoms with Crippen molar-refractivity contribution in [3.05, 3.63) is 41.5 Å². The number of hydrogen-bond acceptors (Lipinski definition) is 17. The van der Waals surface area contributed by atoms with Crippen LogP contribution in [0.5, 0.6) is 0 Å². The van der Waals surface area contributed by atoms with E-state index < -0.39 is 139 Å². The minimum Gasteiger partial charge on any atom is -0.479 e. The van der Waals surface area contributed by atoms with E-state index >= 15 is 0 Å². The van der Waals surface area contributed by atoms with Crippen molar-refractivity contribution in [2.24, 2.45) is 50.2 Å². The van der Waals surface area contributed by atoms with E-state index in [2.05, 4.69) is 46.0 Å². The number of allylic oxidation sites excluding steroid dienone is 2. The van der Waals surface area contributed by atoms with Crippen molar-refractivity contribution in [3.63, 3.8) is 0 Å². The van der Waals surface area contributed by atoms with E-state index in [1.54, 1.807) is 31.3 Å². The summed E-state index contributed by atoms with van der Waals surface area (Å²) in [6.07, 6.45) is -15.3. The van der Waals surface area contributed by atoms with Crippen LogP contribution >= 0.6 is 0 Å². The van der Waals surface area contributed by atoms with Gasteiger partial charge in [0.05, 0.1) is 36.4 Å². The van der Waals surface area contributed by atoms with Gasteiger partial charge in [-0.25, -0.2) is 9.59 Å². The molecule has 382 valence electrons. The molecule has 2 aliphatic heterocycles. The Bertz CT molecular complexity index is 2080. The van der Waals surface area contributed by atoms with Crippen molar-refractivity contribution < 1.29 is 84.3 Å². The Morgan fingerprint density at radius 1 is 0.794 bits per heavy atom. The summed E-state index contributed by atoms with van der Waals surface area (Å²) < 4.78 is 29.7. The quantitative estimate of drug-likeness (QED) is 0.0904. The van der Waals surface area contributed by atoms with Crippen LogP contribution < -0.4 is 5.32 Å². The number of rotatable bonds is 10. The molecular formula is C50H75NO17. The molecule has 2 saturated heterocycles. The number of aliphatic carboxylic acids is 1. The van der Waals surface area contributed by atoms with Gasteiger partial charge in [0.15, 0.2) is 18.7 Å². The third-order valence-corrected chi connectivity index (χ3v) is 19.2. The van der Waals surface area contributed by atoms with E-state index in [9.17, 15) is 60.7 Å². The van der Waals surface area contributed by atoms with E-state index in [1.807, 2.05) is 13.8 Å². The summed E-state index contributed by atoms with van der Waals surface area (Å²) in [5.41, 5.74) is -1.87. The Balaban J connectivity index is 1.04. The van der Waals surface area contributed by atoms with Crippen LogP contribution in [0.3, 0.4) is 0 Å². The highest BCUT2D eigenvalue weighted by molar-refractivity contribution is 5.95. The van der Waals surface area contributed by atoms with Crippen LogP contribution in [0.2, 0.25) is 0 Å². The summed E-state index contributed by atoms with van der Waals surface area (Å²) in [7, 11) is 1.71. The molecule has 4 saturated carbocycles. The van der Waals surface area contributed by atoms with Crippen molar-refractivity contribution in [3.8, 4) is 0 Å². The fourth-order valence-electron chi connectivity index (χ4n) is 15.2. The van der Waals surface area contributed by atoms with Gasteiger partial charge in [-0.05, 0) is 96.5 Å². The predicted molar refractivity (Wildman–Crippen MR) is 241 cm³/mol. The van der Waals surface area contributed by atoms with Gasteiger partial charge < -0.3 is 80.1 Å². The maximum atomic E-state index is 13.7. The number of esters is 1. The first-order valence-electron chi connectivity index (χ1n) is 24.3. The molecule has 5 aliphatic carbocycles. The van der Waals surface area contributed by atoms with Gasteiger partial charge in [-0.1, -0.05) is 72.2 Å². The maximum absolute atomic E-state index is 13.7. The van der Waals surface area contributed by atoms with Crippen LogP contribution in [-0.2, 0) is 28.5 Å². The molecule has 8 rings (SSSR count). The maximum Gasteiger partial charge on any atom is 0.340 e. The fraction of sp³-hybridized carbons (Fsp3) is 0.800. The molecule has 0 radical (unpaired) electrons. The normalized spacial score (nSPS) is 48.4. The topological polar surface area (TPSA) is 295 Å². The molecule has 6 fully saturated rings. The van der Waals surface area contributed by atoms with Crippen molar-refractivity contribution in [1.82, 2.24) is 0 Å². The number of carboxylic acid groups (broad SMARTS) is 1. The molecular weight excluding hydrogens is 887 g/mol. The summed E-state index contributed by atoms with van der Waals surface area (Å²) in [5, 5.41) is 113. The highest BCUT2D eigenvalue weighted by Gasteiger charge is 2.73. The van der Waals surface area contributed by atoms with Gasteiger partial charge in [0.1, 0.15) is 54.9 Å². The second-order valence-corrected chi connectivity index (χ2v) is 23.1. The molecule has 0 spiro atoms. The molecule has 2 heterocycles. The molecule has 11 N–H and O–H groups in total. The number of carbonyl (C=O) groups excluding carboxylic acids is 1. The molecule has 7 aliphatic rings. The fourth-order valence-corrected chi connectivity index (χ4v) is 15.2. The van der Waals surface area contributed by atoms with Crippen molar-refractivity contribution in [2.45, 2.75) is 179 Å². The number of benzene rings is 1. The lowest BCUT2D eigenvalue weighted by Crippen LogP contribution is -2.72. The number of carboxylic acids is 1. The van der Waals surface area contributed by atoms with E-state index in [0.29, 0.717) is 36.9 Å². The average Bonchev–Trinajstić information content (AvgIpc) is 3.28. The standard InChI is InChI=1S/C50H75NO17/c1-45(2)19-25-24-13-14-29-47(5)17-16-31(65-44-36(59)37(35(58)38(67-44)41(61)62)66-43-34(57)33(56)32(55)27(21-52)64-43)46(3,4)28(47)15-18-48(29,6)49(24,7)20-30(54)50(25,22-53)39(60)40(45)68-42(63)23-11-9-10-12-26(23)51-8/h9-13,25,27-40,43-44,51-60H,14-22H2,1-8H3,(H,61,62)/t25?,27-,28?,29?,30+,31+,32-,33+,34-,35+,36-,37+,38+,39+,40+,43+,44-,47+,48-,49-,50+/m1/s1. The molecule has 1 aromatic carbocycles. The molecule has 3 unspecified atom stereocenters. The largest absolute Gasteiger partial charge is 0.479 e. The van der Waals surface area contributed by atoms with Gasteiger partial charge in [-0.2, -0.15) is 0 Å². The van der Waals surface area contributed by atoms with Crippen LogP contribution in [-0.4, -0.2) is 169 Å². The van der Waals surface area contributed by atoms with E-state index in [0.717, 1.165) is 18.4 Å². The molecule has 0 amide bonds. The lowest BCUT2D eigenvalue weighted by Gasteiger charge is -2.72. The molecule has 68 heavy (non-hydrogen) atoms. The zero-order valence-electron chi connectivity index (χ0n) is 40.4. The molecule has 0 bridgehead atoms. The number of ether oxygens (including phenoxy) is 5. The number of nitrogens with one attached hydrogen (secondary N) is 1. The first-order valence-corrected chi connectivity index (χ1v) is 24.3. The number of fused-ring (bicyclic) bond motifs is 7. The van der Waals surface area contributed by atoms with Gasteiger partial charge in [0, 0.05) is 18.2 Å². The summed E-state index contributed by atoms with van der Waals surface area (Å²) in [6, 6.07) is 6.96. The minimum atomic E-state index is -1.98. The van der Waals surface area contributed by atoms with E-state index in [4.69, 9.17) is 23.7 Å². The average molecular weight is 962 g/mol. The second kappa shape index (κ2) is 18.0. The lowest BCUT2D eigenvalue weighted by atomic mass is 9.33. The second-order valence-electron chi connectivity index (χ2n) is 23.1. The molecule has 18 nitrogen and oxygen atoms in total. The molecule has 0 aromatic heterocycles. The van der Waals surface area contributed by atoms with Gasteiger partial charge in [-0.15, -0.1) is 0 Å². The number of carbonyl (C=O) groups is 2. The highest BCUT2D eigenvalue weighted by atomic mass is 16.7. The minimum absolute atomic E-state index is 0.0529. The Kier molecular flexibility index (Phi) is 13.7. The Hall–Kier alpha value is -2.82. The molecule has 1 aromatic rings. The summed E-state index contributed by atoms with van der Waals surface area (Å²) in [4.78, 5) is 26.2. The van der Waals surface area contributed by atoms with E-state index in [-0.39, 0.29) is 29.1 Å². The van der Waals surface area contributed by atoms with Gasteiger partial charge in [0.2, 0.25) is 0 Å². The van der Waals surface area contributed by atoms with Crippen LogP contribution in [0.4, 0.5) is 5.69 Å². The Labute approximate surface area is 397 Å².